The Bertz CT molecular complexity index is 395. The van der Waals surface area contributed by atoms with Gasteiger partial charge in [-0.15, -0.1) is 0 Å². The molecule has 0 aromatic heterocycles. The van der Waals surface area contributed by atoms with Crippen LogP contribution in [0.4, 0.5) is 11.4 Å². The monoisotopic (exact) mass is 235 g/mol. The van der Waals surface area contributed by atoms with E-state index >= 15 is 0 Å². The zero-order chi connectivity index (χ0) is 12.4. The summed E-state index contributed by atoms with van der Waals surface area (Å²) in [5, 5.41) is 14.0. The molecule has 0 amide bonds. The van der Waals surface area contributed by atoms with Crippen molar-refractivity contribution in [3.8, 4) is 0 Å². The summed E-state index contributed by atoms with van der Waals surface area (Å²) >= 11 is 0. The number of rotatable bonds is 2. The molecule has 0 saturated carbocycles. The molecule has 1 aromatic carbocycles. The minimum absolute atomic E-state index is 0.144. The molecule has 0 unspecified atom stereocenters. The van der Waals surface area contributed by atoms with E-state index in [9.17, 15) is 10.1 Å². The lowest BCUT2D eigenvalue weighted by molar-refractivity contribution is -0.384. The first kappa shape index (κ1) is 11.9. The van der Waals surface area contributed by atoms with Gasteiger partial charge < -0.3 is 10.2 Å². The Morgan fingerprint density at radius 2 is 1.76 bits per heavy atom. The van der Waals surface area contributed by atoms with Crippen molar-refractivity contribution >= 4 is 11.4 Å². The van der Waals surface area contributed by atoms with E-state index in [0.717, 1.165) is 18.8 Å². The molecular formula is C12H17N3O2. The van der Waals surface area contributed by atoms with Gasteiger partial charge in [-0.1, -0.05) is 0 Å². The van der Waals surface area contributed by atoms with Crippen molar-refractivity contribution in [2.45, 2.75) is 25.9 Å². The van der Waals surface area contributed by atoms with E-state index in [1.807, 2.05) is 12.1 Å². The molecule has 5 nitrogen and oxygen atoms in total. The fourth-order valence-corrected chi connectivity index (χ4v) is 2.32. The van der Waals surface area contributed by atoms with Gasteiger partial charge in [0.15, 0.2) is 0 Å². The lowest BCUT2D eigenvalue weighted by atomic mass is 10.1. The molecule has 0 aliphatic carbocycles. The molecule has 0 bridgehead atoms. The smallest absolute Gasteiger partial charge is 0.269 e. The fourth-order valence-electron chi connectivity index (χ4n) is 2.32. The van der Waals surface area contributed by atoms with Crippen molar-refractivity contribution in [2.75, 3.05) is 18.0 Å². The van der Waals surface area contributed by atoms with Crippen molar-refractivity contribution in [2.24, 2.45) is 0 Å². The number of benzene rings is 1. The normalized spacial score (nSPS) is 24.7. The van der Waals surface area contributed by atoms with Gasteiger partial charge in [-0.25, -0.2) is 0 Å². The van der Waals surface area contributed by atoms with Gasteiger partial charge in [0.1, 0.15) is 0 Å². The molecule has 1 aromatic rings. The Morgan fingerprint density at radius 1 is 1.24 bits per heavy atom. The maximum Gasteiger partial charge on any atom is 0.269 e. The SMILES string of the molecule is C[C@H]1CN(c2ccc([N+](=O)[O-])cc2)C[C@H](C)N1. The van der Waals surface area contributed by atoms with Crippen molar-refractivity contribution in [3.05, 3.63) is 34.4 Å². The first-order chi connectivity index (χ1) is 8.06. The number of nitrogens with one attached hydrogen (secondary N) is 1. The van der Waals surface area contributed by atoms with E-state index in [1.54, 1.807) is 12.1 Å². The maximum atomic E-state index is 10.6. The number of anilines is 1. The lowest BCUT2D eigenvalue weighted by Crippen LogP contribution is -2.54. The highest BCUT2D eigenvalue weighted by Crippen LogP contribution is 2.21. The Kier molecular flexibility index (Phi) is 3.28. The molecule has 1 saturated heterocycles. The maximum absolute atomic E-state index is 10.6. The largest absolute Gasteiger partial charge is 0.368 e. The number of nitrogens with zero attached hydrogens (tertiary/aromatic N) is 2. The molecule has 92 valence electrons. The second-order valence-electron chi connectivity index (χ2n) is 4.65. The van der Waals surface area contributed by atoms with Crippen LogP contribution in [0.5, 0.6) is 0 Å². The zero-order valence-corrected chi connectivity index (χ0v) is 10.1. The summed E-state index contributed by atoms with van der Waals surface area (Å²) in [6.45, 7) is 6.16. The Balaban J connectivity index is 2.14. The average Bonchev–Trinajstić information content (AvgIpc) is 2.28. The molecule has 5 heteroatoms. The van der Waals surface area contributed by atoms with Crippen molar-refractivity contribution < 1.29 is 4.92 Å². The highest BCUT2D eigenvalue weighted by atomic mass is 16.6. The second kappa shape index (κ2) is 4.71. The van der Waals surface area contributed by atoms with Crippen LogP contribution in [0.1, 0.15) is 13.8 Å². The third-order valence-electron chi connectivity index (χ3n) is 2.98. The van der Waals surface area contributed by atoms with Gasteiger partial charge in [0, 0.05) is 43.0 Å². The zero-order valence-electron chi connectivity index (χ0n) is 10.1. The number of hydrogen-bond donors (Lipinski definition) is 1. The molecule has 1 fully saturated rings. The van der Waals surface area contributed by atoms with Gasteiger partial charge in [0.05, 0.1) is 4.92 Å². The summed E-state index contributed by atoms with van der Waals surface area (Å²) in [7, 11) is 0. The molecule has 1 N–H and O–H groups in total. The predicted molar refractivity (Wildman–Crippen MR) is 67.4 cm³/mol. The van der Waals surface area contributed by atoms with E-state index < -0.39 is 0 Å². The molecule has 17 heavy (non-hydrogen) atoms. The Morgan fingerprint density at radius 3 is 2.24 bits per heavy atom. The van der Waals surface area contributed by atoms with E-state index in [4.69, 9.17) is 0 Å². The van der Waals surface area contributed by atoms with Crippen LogP contribution in [0.2, 0.25) is 0 Å². The van der Waals surface area contributed by atoms with Crippen LogP contribution in [0.3, 0.4) is 0 Å². The minimum atomic E-state index is -0.368. The summed E-state index contributed by atoms with van der Waals surface area (Å²) in [5.41, 5.74) is 1.20. The van der Waals surface area contributed by atoms with Gasteiger partial charge >= 0.3 is 0 Å². The summed E-state index contributed by atoms with van der Waals surface area (Å²) in [5.74, 6) is 0. The molecule has 1 aliphatic rings. The molecular weight excluding hydrogens is 218 g/mol. The second-order valence-corrected chi connectivity index (χ2v) is 4.65. The quantitative estimate of drug-likeness (QED) is 0.627. The number of piperazine rings is 1. The molecule has 0 spiro atoms. The minimum Gasteiger partial charge on any atom is -0.368 e. The van der Waals surface area contributed by atoms with E-state index in [1.165, 1.54) is 0 Å². The first-order valence-corrected chi connectivity index (χ1v) is 5.81. The van der Waals surface area contributed by atoms with Crippen LogP contribution in [-0.4, -0.2) is 30.1 Å². The summed E-state index contributed by atoms with van der Waals surface area (Å²) in [6.07, 6.45) is 0. The van der Waals surface area contributed by atoms with Gasteiger partial charge in [0.25, 0.3) is 5.69 Å². The summed E-state index contributed by atoms with van der Waals surface area (Å²) < 4.78 is 0. The third kappa shape index (κ3) is 2.74. The van der Waals surface area contributed by atoms with Crippen LogP contribution in [0.15, 0.2) is 24.3 Å². The average molecular weight is 235 g/mol. The molecule has 0 radical (unpaired) electrons. The van der Waals surface area contributed by atoms with Crippen LogP contribution in [0.25, 0.3) is 0 Å². The Hall–Kier alpha value is -1.62. The van der Waals surface area contributed by atoms with E-state index in [2.05, 4.69) is 24.1 Å². The van der Waals surface area contributed by atoms with E-state index in [0.29, 0.717) is 12.1 Å². The number of hydrogen-bond acceptors (Lipinski definition) is 4. The number of nitro benzene ring substituents is 1. The Labute approximate surface area is 101 Å². The van der Waals surface area contributed by atoms with E-state index in [-0.39, 0.29) is 10.6 Å². The van der Waals surface area contributed by atoms with Crippen LogP contribution in [0, 0.1) is 10.1 Å². The van der Waals surface area contributed by atoms with Gasteiger partial charge in [-0.3, -0.25) is 10.1 Å². The summed E-state index contributed by atoms with van der Waals surface area (Å²) in [6, 6.07) is 7.65. The molecule has 1 heterocycles. The van der Waals surface area contributed by atoms with Gasteiger partial charge in [-0.05, 0) is 26.0 Å². The standard InChI is InChI=1S/C12H17N3O2/c1-9-7-14(8-10(2)13-9)11-3-5-12(6-4-11)15(16)17/h3-6,9-10,13H,7-8H2,1-2H3/t9-,10-/m0/s1. The lowest BCUT2D eigenvalue weighted by Gasteiger charge is -2.37. The van der Waals surface area contributed by atoms with Crippen LogP contribution in [-0.2, 0) is 0 Å². The third-order valence-corrected chi connectivity index (χ3v) is 2.98. The topological polar surface area (TPSA) is 58.4 Å². The van der Waals surface area contributed by atoms with Crippen LogP contribution >= 0.6 is 0 Å². The highest BCUT2D eigenvalue weighted by Gasteiger charge is 2.21. The van der Waals surface area contributed by atoms with Crippen molar-refractivity contribution in [1.82, 2.24) is 5.32 Å². The highest BCUT2D eigenvalue weighted by molar-refractivity contribution is 5.51. The van der Waals surface area contributed by atoms with Crippen molar-refractivity contribution in [3.63, 3.8) is 0 Å². The number of non-ortho nitro benzene ring substituents is 1. The molecule has 2 rings (SSSR count). The summed E-state index contributed by atoms with van der Waals surface area (Å²) in [4.78, 5) is 12.5. The van der Waals surface area contributed by atoms with Crippen molar-refractivity contribution in [1.29, 1.82) is 0 Å². The number of nitro groups is 1. The van der Waals surface area contributed by atoms with Gasteiger partial charge in [0.2, 0.25) is 0 Å². The molecule has 2 atom stereocenters. The molecule has 1 aliphatic heterocycles. The fraction of sp³-hybridized carbons (Fsp3) is 0.500. The predicted octanol–water partition coefficient (Wildman–Crippen LogP) is 1.78. The van der Waals surface area contributed by atoms with Gasteiger partial charge in [-0.2, -0.15) is 0 Å². The first-order valence-electron chi connectivity index (χ1n) is 5.81. The van der Waals surface area contributed by atoms with Crippen LogP contribution < -0.4 is 10.2 Å².